The van der Waals surface area contributed by atoms with Crippen LogP contribution in [0.25, 0.3) is 0 Å². The molecule has 1 aromatic carbocycles. The van der Waals surface area contributed by atoms with Gasteiger partial charge in [0.25, 0.3) is 5.91 Å². The Hall–Kier alpha value is -1.66. The van der Waals surface area contributed by atoms with E-state index in [0.717, 1.165) is 12.1 Å². The summed E-state index contributed by atoms with van der Waals surface area (Å²) in [7, 11) is 1.44. The number of hydrogen-bond acceptors (Lipinski definition) is 4. The summed E-state index contributed by atoms with van der Waals surface area (Å²) in [6, 6.07) is 3.56. The lowest BCUT2D eigenvalue weighted by molar-refractivity contribution is 0.0609. The van der Waals surface area contributed by atoms with Crippen molar-refractivity contribution in [1.29, 1.82) is 0 Å². The molecule has 6 heteroatoms. The van der Waals surface area contributed by atoms with Crippen molar-refractivity contribution in [3.63, 3.8) is 0 Å². The molecule has 0 bridgehead atoms. The number of amides is 1. The Balaban J connectivity index is 2.58. The maximum absolute atomic E-state index is 13.0. The standard InChI is InChI=1S/C11H15FN2O3/c1-17-6-10(15)5-14-11(16)7-2-8(12)4-9(13)3-7/h2-4,10,15H,5-6,13H2,1H3,(H,14,16). The lowest BCUT2D eigenvalue weighted by Crippen LogP contribution is -2.34. The van der Waals surface area contributed by atoms with E-state index in [4.69, 9.17) is 10.5 Å². The van der Waals surface area contributed by atoms with Crippen LogP contribution in [0, 0.1) is 5.82 Å². The van der Waals surface area contributed by atoms with Crippen LogP contribution in [0.5, 0.6) is 0 Å². The van der Waals surface area contributed by atoms with Crippen molar-refractivity contribution >= 4 is 11.6 Å². The van der Waals surface area contributed by atoms with Crippen molar-refractivity contribution in [2.24, 2.45) is 0 Å². The number of halogens is 1. The molecule has 0 aromatic heterocycles. The predicted molar refractivity (Wildman–Crippen MR) is 61.0 cm³/mol. The number of rotatable bonds is 5. The van der Waals surface area contributed by atoms with Crippen LogP contribution >= 0.6 is 0 Å². The van der Waals surface area contributed by atoms with E-state index in [1.54, 1.807) is 0 Å². The zero-order valence-corrected chi connectivity index (χ0v) is 9.44. The second-order valence-electron chi connectivity index (χ2n) is 3.59. The summed E-state index contributed by atoms with van der Waals surface area (Å²) in [6.07, 6.45) is -0.796. The molecule has 1 rings (SSSR count). The summed E-state index contributed by atoms with van der Waals surface area (Å²) in [5.41, 5.74) is 5.70. The van der Waals surface area contributed by atoms with Crippen LogP contribution in [0.1, 0.15) is 10.4 Å². The fourth-order valence-electron chi connectivity index (χ4n) is 1.31. The molecule has 1 unspecified atom stereocenters. The van der Waals surface area contributed by atoms with Crippen LogP contribution in [-0.2, 0) is 4.74 Å². The molecule has 1 atom stereocenters. The first-order valence-corrected chi connectivity index (χ1v) is 5.04. The van der Waals surface area contributed by atoms with Gasteiger partial charge < -0.3 is 20.9 Å². The van der Waals surface area contributed by atoms with Gasteiger partial charge in [0.1, 0.15) is 5.82 Å². The van der Waals surface area contributed by atoms with Gasteiger partial charge in [0, 0.05) is 24.9 Å². The number of nitrogens with two attached hydrogens (primary N) is 1. The van der Waals surface area contributed by atoms with Gasteiger partial charge in [0.05, 0.1) is 12.7 Å². The minimum atomic E-state index is -0.796. The molecule has 0 aliphatic rings. The Morgan fingerprint density at radius 2 is 2.29 bits per heavy atom. The smallest absolute Gasteiger partial charge is 0.251 e. The van der Waals surface area contributed by atoms with Gasteiger partial charge in [0.15, 0.2) is 0 Å². The van der Waals surface area contributed by atoms with E-state index in [9.17, 15) is 14.3 Å². The summed E-state index contributed by atoms with van der Waals surface area (Å²) >= 11 is 0. The lowest BCUT2D eigenvalue weighted by atomic mass is 10.2. The topological polar surface area (TPSA) is 84.6 Å². The molecule has 0 saturated carbocycles. The molecule has 5 nitrogen and oxygen atoms in total. The van der Waals surface area contributed by atoms with Crippen molar-refractivity contribution in [1.82, 2.24) is 5.32 Å². The van der Waals surface area contributed by atoms with E-state index in [2.05, 4.69) is 5.32 Å². The molecule has 94 valence electrons. The highest BCUT2D eigenvalue weighted by Gasteiger charge is 2.10. The van der Waals surface area contributed by atoms with E-state index in [1.807, 2.05) is 0 Å². The van der Waals surface area contributed by atoms with Crippen LogP contribution in [0.4, 0.5) is 10.1 Å². The van der Waals surface area contributed by atoms with Crippen molar-refractivity contribution in [3.05, 3.63) is 29.6 Å². The fraction of sp³-hybridized carbons (Fsp3) is 0.364. The fourth-order valence-corrected chi connectivity index (χ4v) is 1.31. The molecule has 0 saturated heterocycles. The lowest BCUT2D eigenvalue weighted by Gasteiger charge is -2.11. The first-order valence-electron chi connectivity index (χ1n) is 5.04. The number of nitrogens with one attached hydrogen (secondary N) is 1. The molecule has 0 aliphatic heterocycles. The second kappa shape index (κ2) is 6.17. The zero-order chi connectivity index (χ0) is 12.8. The SMILES string of the molecule is COCC(O)CNC(=O)c1cc(N)cc(F)c1. The number of benzene rings is 1. The van der Waals surface area contributed by atoms with E-state index < -0.39 is 17.8 Å². The van der Waals surface area contributed by atoms with Crippen LogP contribution < -0.4 is 11.1 Å². The van der Waals surface area contributed by atoms with Crippen molar-refractivity contribution in [2.75, 3.05) is 26.0 Å². The number of carbonyl (C=O) groups excluding carboxylic acids is 1. The number of hydrogen-bond donors (Lipinski definition) is 3. The summed E-state index contributed by atoms with van der Waals surface area (Å²) in [6.45, 7) is 0.147. The summed E-state index contributed by atoms with van der Waals surface area (Å²) in [5.74, 6) is -1.07. The highest BCUT2D eigenvalue weighted by Crippen LogP contribution is 2.10. The zero-order valence-electron chi connectivity index (χ0n) is 9.44. The van der Waals surface area contributed by atoms with Gasteiger partial charge in [-0.05, 0) is 18.2 Å². The van der Waals surface area contributed by atoms with Crippen LogP contribution in [-0.4, -0.2) is 37.4 Å². The molecule has 0 heterocycles. The minimum Gasteiger partial charge on any atom is -0.399 e. The Bertz CT molecular complexity index is 378. The molecular formula is C11H15FN2O3. The van der Waals surface area contributed by atoms with Gasteiger partial charge >= 0.3 is 0 Å². The summed E-state index contributed by atoms with van der Waals surface area (Å²) < 4.78 is 17.7. The largest absolute Gasteiger partial charge is 0.399 e. The first kappa shape index (κ1) is 13.4. The molecule has 1 aromatic rings. The average Bonchev–Trinajstić information content (AvgIpc) is 2.25. The third-order valence-electron chi connectivity index (χ3n) is 2.04. The normalized spacial score (nSPS) is 12.2. The number of ether oxygens (including phenoxy) is 1. The summed E-state index contributed by atoms with van der Waals surface area (Å²) in [5, 5.41) is 11.8. The second-order valence-corrected chi connectivity index (χ2v) is 3.59. The molecule has 1 amide bonds. The predicted octanol–water partition coefficient (Wildman–Crippen LogP) is 0.145. The molecule has 0 radical (unpaired) electrons. The molecular weight excluding hydrogens is 227 g/mol. The van der Waals surface area contributed by atoms with Gasteiger partial charge in [-0.15, -0.1) is 0 Å². The van der Waals surface area contributed by atoms with E-state index in [1.165, 1.54) is 13.2 Å². The third-order valence-corrected chi connectivity index (χ3v) is 2.04. The number of aliphatic hydroxyl groups is 1. The van der Waals surface area contributed by atoms with Gasteiger partial charge in [-0.25, -0.2) is 4.39 Å². The average molecular weight is 242 g/mol. The number of carbonyl (C=O) groups is 1. The number of methoxy groups -OCH3 is 1. The van der Waals surface area contributed by atoms with E-state index in [0.29, 0.717) is 0 Å². The third kappa shape index (κ3) is 4.38. The number of aliphatic hydroxyl groups excluding tert-OH is 1. The molecule has 0 spiro atoms. The molecule has 17 heavy (non-hydrogen) atoms. The van der Waals surface area contributed by atoms with E-state index >= 15 is 0 Å². The monoisotopic (exact) mass is 242 g/mol. The van der Waals surface area contributed by atoms with Gasteiger partial charge in [-0.3, -0.25) is 4.79 Å². The van der Waals surface area contributed by atoms with Gasteiger partial charge in [-0.1, -0.05) is 0 Å². The highest BCUT2D eigenvalue weighted by molar-refractivity contribution is 5.95. The van der Waals surface area contributed by atoms with Crippen molar-refractivity contribution < 1.29 is 19.0 Å². The Morgan fingerprint density at radius 3 is 2.88 bits per heavy atom. The molecule has 0 aliphatic carbocycles. The first-order chi connectivity index (χ1) is 8.02. The number of nitrogen functional groups attached to an aromatic ring is 1. The maximum Gasteiger partial charge on any atom is 0.251 e. The minimum absolute atomic E-state index is 0.0308. The van der Waals surface area contributed by atoms with Gasteiger partial charge in [0.2, 0.25) is 0 Å². The summed E-state index contributed by atoms with van der Waals surface area (Å²) in [4.78, 5) is 11.6. The number of anilines is 1. The maximum atomic E-state index is 13.0. The highest BCUT2D eigenvalue weighted by atomic mass is 19.1. The Kier molecular flexibility index (Phi) is 4.86. The van der Waals surface area contributed by atoms with Crippen LogP contribution in [0.2, 0.25) is 0 Å². The Labute approximate surface area is 98.4 Å². The van der Waals surface area contributed by atoms with E-state index in [-0.39, 0.29) is 24.4 Å². The van der Waals surface area contributed by atoms with Crippen molar-refractivity contribution in [3.8, 4) is 0 Å². The van der Waals surface area contributed by atoms with Crippen LogP contribution in [0.15, 0.2) is 18.2 Å². The van der Waals surface area contributed by atoms with Crippen LogP contribution in [0.3, 0.4) is 0 Å². The molecule has 0 fully saturated rings. The quantitative estimate of drug-likeness (QED) is 0.641. The van der Waals surface area contributed by atoms with Crippen molar-refractivity contribution in [2.45, 2.75) is 6.10 Å². The Morgan fingerprint density at radius 1 is 1.59 bits per heavy atom. The molecule has 4 N–H and O–H groups in total. The van der Waals surface area contributed by atoms with Gasteiger partial charge in [-0.2, -0.15) is 0 Å².